The number of thiocarbonyl (C=S) groups is 1. The molecule has 1 unspecified atom stereocenters. The number of carbonyl (C=O) groups is 1. The molecule has 0 bridgehead atoms. The zero-order valence-corrected chi connectivity index (χ0v) is 9.18. The van der Waals surface area contributed by atoms with Crippen LogP contribution in [0.3, 0.4) is 0 Å². The molecule has 1 fully saturated rings. The van der Waals surface area contributed by atoms with E-state index in [-0.39, 0.29) is 12.0 Å². The molecule has 0 aromatic carbocycles. The van der Waals surface area contributed by atoms with Crippen molar-refractivity contribution in [1.29, 1.82) is 0 Å². The quantitative estimate of drug-likeness (QED) is 0.703. The van der Waals surface area contributed by atoms with Gasteiger partial charge in [-0.05, 0) is 19.8 Å². The summed E-state index contributed by atoms with van der Waals surface area (Å²) in [5.41, 5.74) is 5.56. The van der Waals surface area contributed by atoms with Crippen molar-refractivity contribution in [2.24, 2.45) is 11.7 Å². The summed E-state index contributed by atoms with van der Waals surface area (Å²) in [7, 11) is 0. The Morgan fingerprint density at radius 3 is 3.00 bits per heavy atom. The van der Waals surface area contributed by atoms with Crippen molar-refractivity contribution in [3.8, 4) is 0 Å². The molecule has 1 rings (SSSR count). The lowest BCUT2D eigenvalue weighted by atomic mass is 9.99. The predicted octanol–water partition coefficient (Wildman–Crippen LogP) is 1.14. The van der Waals surface area contributed by atoms with Crippen molar-refractivity contribution >= 4 is 23.3 Å². The van der Waals surface area contributed by atoms with Crippen LogP contribution < -0.4 is 5.73 Å². The van der Waals surface area contributed by atoms with Crippen LogP contribution in [0.15, 0.2) is 0 Å². The Kier molecular flexibility index (Phi) is 4.13. The normalized spacial score (nSPS) is 21.8. The van der Waals surface area contributed by atoms with E-state index in [4.69, 9.17) is 22.7 Å². The van der Waals surface area contributed by atoms with Crippen LogP contribution in [0.4, 0.5) is 4.79 Å². The van der Waals surface area contributed by atoms with Crippen LogP contribution in [0.5, 0.6) is 0 Å². The fraction of sp³-hybridized carbons (Fsp3) is 0.778. The zero-order valence-electron chi connectivity index (χ0n) is 8.36. The minimum atomic E-state index is -0.256. The Bertz CT molecular complexity index is 233. The van der Waals surface area contributed by atoms with E-state index in [0.717, 1.165) is 19.4 Å². The number of ether oxygens (including phenoxy) is 1. The number of nitrogens with zero attached hydrogens (tertiary/aromatic N) is 1. The Balaban J connectivity index is 2.47. The second-order valence-electron chi connectivity index (χ2n) is 3.39. The number of piperidine rings is 1. The molecule has 0 spiro atoms. The van der Waals surface area contributed by atoms with Gasteiger partial charge in [0.15, 0.2) is 0 Å². The number of hydrogen-bond donors (Lipinski definition) is 1. The Morgan fingerprint density at radius 1 is 1.71 bits per heavy atom. The van der Waals surface area contributed by atoms with Gasteiger partial charge in [-0.25, -0.2) is 4.79 Å². The molecule has 1 amide bonds. The van der Waals surface area contributed by atoms with E-state index in [1.807, 2.05) is 0 Å². The van der Waals surface area contributed by atoms with Crippen LogP contribution in [-0.4, -0.2) is 35.7 Å². The largest absolute Gasteiger partial charge is 0.450 e. The minimum absolute atomic E-state index is 0.156. The van der Waals surface area contributed by atoms with Gasteiger partial charge in [-0.1, -0.05) is 12.2 Å². The van der Waals surface area contributed by atoms with E-state index >= 15 is 0 Å². The van der Waals surface area contributed by atoms with Crippen molar-refractivity contribution < 1.29 is 9.53 Å². The first-order chi connectivity index (χ1) is 6.65. The van der Waals surface area contributed by atoms with E-state index in [0.29, 0.717) is 18.1 Å². The number of carbonyl (C=O) groups excluding carboxylic acids is 1. The molecule has 2 N–H and O–H groups in total. The summed E-state index contributed by atoms with van der Waals surface area (Å²) in [6, 6.07) is 0. The molecule has 1 aliphatic rings. The zero-order chi connectivity index (χ0) is 10.6. The molecule has 1 heterocycles. The number of rotatable bonds is 2. The van der Waals surface area contributed by atoms with E-state index < -0.39 is 0 Å². The molecule has 80 valence electrons. The molecular weight excluding hydrogens is 200 g/mol. The molecule has 0 aromatic rings. The SMILES string of the molecule is CCOC(=O)N1CCCC(C(N)=S)C1. The first-order valence-corrected chi connectivity index (χ1v) is 5.27. The molecule has 5 heteroatoms. The van der Waals surface area contributed by atoms with E-state index in [1.54, 1.807) is 11.8 Å². The average Bonchev–Trinajstić information content (AvgIpc) is 2.18. The molecule has 14 heavy (non-hydrogen) atoms. The Morgan fingerprint density at radius 2 is 2.43 bits per heavy atom. The summed E-state index contributed by atoms with van der Waals surface area (Å²) in [6.45, 7) is 3.56. The van der Waals surface area contributed by atoms with Gasteiger partial charge in [0.2, 0.25) is 0 Å². The van der Waals surface area contributed by atoms with Crippen LogP contribution >= 0.6 is 12.2 Å². The molecule has 0 aromatic heterocycles. The monoisotopic (exact) mass is 216 g/mol. The summed E-state index contributed by atoms with van der Waals surface area (Å²) >= 11 is 4.92. The van der Waals surface area contributed by atoms with Gasteiger partial charge >= 0.3 is 6.09 Å². The Labute approximate surface area is 89.4 Å². The number of hydrogen-bond acceptors (Lipinski definition) is 3. The van der Waals surface area contributed by atoms with E-state index in [1.165, 1.54) is 0 Å². The number of likely N-dealkylation sites (tertiary alicyclic amines) is 1. The fourth-order valence-electron chi connectivity index (χ4n) is 1.59. The van der Waals surface area contributed by atoms with Crippen LogP contribution in [0.2, 0.25) is 0 Å². The predicted molar refractivity (Wildman–Crippen MR) is 58.1 cm³/mol. The highest BCUT2D eigenvalue weighted by molar-refractivity contribution is 7.80. The maximum atomic E-state index is 11.4. The lowest BCUT2D eigenvalue weighted by molar-refractivity contribution is 0.0950. The first kappa shape index (κ1) is 11.2. The third-order valence-corrected chi connectivity index (χ3v) is 2.68. The smallest absolute Gasteiger partial charge is 0.409 e. The summed E-state index contributed by atoms with van der Waals surface area (Å²) in [4.78, 5) is 13.6. The fourth-order valence-corrected chi connectivity index (χ4v) is 1.78. The molecule has 0 radical (unpaired) electrons. The summed E-state index contributed by atoms with van der Waals surface area (Å²) in [6.07, 6.45) is 1.67. The molecule has 1 aliphatic heterocycles. The van der Waals surface area contributed by atoms with E-state index in [9.17, 15) is 4.79 Å². The second kappa shape index (κ2) is 5.14. The number of nitrogens with two attached hydrogens (primary N) is 1. The number of amides is 1. The van der Waals surface area contributed by atoms with Gasteiger partial charge < -0.3 is 15.4 Å². The maximum Gasteiger partial charge on any atom is 0.409 e. The first-order valence-electron chi connectivity index (χ1n) is 4.86. The average molecular weight is 216 g/mol. The lowest BCUT2D eigenvalue weighted by Crippen LogP contribution is -2.43. The standard InChI is InChI=1S/C9H16N2O2S/c1-2-13-9(12)11-5-3-4-7(6-11)8(10)14/h7H,2-6H2,1H3,(H2,10,14). The molecule has 1 atom stereocenters. The second-order valence-corrected chi connectivity index (χ2v) is 3.86. The van der Waals surface area contributed by atoms with Gasteiger partial charge in [0, 0.05) is 19.0 Å². The maximum absolute atomic E-state index is 11.4. The lowest BCUT2D eigenvalue weighted by Gasteiger charge is -2.31. The van der Waals surface area contributed by atoms with Crippen molar-refractivity contribution in [1.82, 2.24) is 4.90 Å². The summed E-state index contributed by atoms with van der Waals surface area (Å²) < 4.78 is 4.91. The van der Waals surface area contributed by atoms with E-state index in [2.05, 4.69) is 0 Å². The van der Waals surface area contributed by atoms with Gasteiger partial charge in [-0.3, -0.25) is 0 Å². The van der Waals surface area contributed by atoms with Crippen LogP contribution in [0.25, 0.3) is 0 Å². The highest BCUT2D eigenvalue weighted by Crippen LogP contribution is 2.17. The van der Waals surface area contributed by atoms with Crippen molar-refractivity contribution in [3.63, 3.8) is 0 Å². The topological polar surface area (TPSA) is 55.6 Å². The Hall–Kier alpha value is -0.840. The van der Waals surface area contributed by atoms with Gasteiger partial charge in [-0.2, -0.15) is 0 Å². The van der Waals surface area contributed by atoms with Crippen molar-refractivity contribution in [2.45, 2.75) is 19.8 Å². The molecule has 0 aliphatic carbocycles. The van der Waals surface area contributed by atoms with Gasteiger partial charge in [0.25, 0.3) is 0 Å². The molecular formula is C9H16N2O2S. The minimum Gasteiger partial charge on any atom is -0.450 e. The van der Waals surface area contributed by atoms with Crippen LogP contribution in [-0.2, 0) is 4.74 Å². The van der Waals surface area contributed by atoms with Crippen molar-refractivity contribution in [2.75, 3.05) is 19.7 Å². The highest BCUT2D eigenvalue weighted by atomic mass is 32.1. The summed E-state index contributed by atoms with van der Waals surface area (Å²) in [5.74, 6) is 0.156. The third kappa shape index (κ3) is 2.83. The van der Waals surface area contributed by atoms with Gasteiger partial charge in [0.1, 0.15) is 0 Å². The van der Waals surface area contributed by atoms with Crippen LogP contribution in [0.1, 0.15) is 19.8 Å². The molecule has 4 nitrogen and oxygen atoms in total. The molecule has 0 saturated carbocycles. The van der Waals surface area contributed by atoms with Crippen LogP contribution in [0, 0.1) is 5.92 Å². The summed E-state index contributed by atoms with van der Waals surface area (Å²) in [5, 5.41) is 0. The molecule has 1 saturated heterocycles. The van der Waals surface area contributed by atoms with Crippen molar-refractivity contribution in [3.05, 3.63) is 0 Å². The third-order valence-electron chi connectivity index (χ3n) is 2.35. The highest BCUT2D eigenvalue weighted by Gasteiger charge is 2.25. The van der Waals surface area contributed by atoms with Gasteiger partial charge in [0.05, 0.1) is 11.6 Å². The van der Waals surface area contributed by atoms with Gasteiger partial charge in [-0.15, -0.1) is 0 Å².